The van der Waals surface area contributed by atoms with Gasteiger partial charge in [0.1, 0.15) is 0 Å². The Kier molecular flexibility index (Phi) is 5.04. The number of carbonyl (C=O) groups is 1. The Balaban J connectivity index is 1.63. The lowest BCUT2D eigenvalue weighted by atomic mass is 10.1. The van der Waals surface area contributed by atoms with Gasteiger partial charge in [-0.25, -0.2) is 4.79 Å². The van der Waals surface area contributed by atoms with Gasteiger partial charge in [0.2, 0.25) is 5.89 Å². The first-order valence-corrected chi connectivity index (χ1v) is 7.96. The predicted molar refractivity (Wildman–Crippen MR) is 94.5 cm³/mol. The zero-order valence-electron chi connectivity index (χ0n) is 14.0. The average molecular weight is 334 g/mol. The van der Waals surface area contributed by atoms with Gasteiger partial charge in [0.15, 0.2) is 6.10 Å². The number of hydrogen-bond acceptors (Lipinski definition) is 5. The quantitative estimate of drug-likeness (QED) is 0.512. The van der Waals surface area contributed by atoms with Crippen LogP contribution in [0.25, 0.3) is 17.5 Å². The zero-order valence-corrected chi connectivity index (χ0v) is 14.0. The molecule has 126 valence electrons. The van der Waals surface area contributed by atoms with Crippen LogP contribution in [0.1, 0.15) is 30.0 Å². The minimum atomic E-state index is -0.625. The van der Waals surface area contributed by atoms with Crippen LogP contribution in [-0.4, -0.2) is 16.2 Å². The molecule has 0 saturated heterocycles. The van der Waals surface area contributed by atoms with Crippen LogP contribution in [-0.2, 0) is 9.53 Å². The Morgan fingerprint density at radius 1 is 1.12 bits per heavy atom. The van der Waals surface area contributed by atoms with Gasteiger partial charge < -0.3 is 9.15 Å². The number of carbonyl (C=O) groups excluding carboxylic acids is 1. The maximum absolute atomic E-state index is 12.0. The molecule has 5 heteroatoms. The van der Waals surface area contributed by atoms with E-state index in [1.165, 1.54) is 6.08 Å². The fourth-order valence-electron chi connectivity index (χ4n) is 2.30. The highest BCUT2D eigenvalue weighted by Gasteiger charge is 2.17. The van der Waals surface area contributed by atoms with Crippen molar-refractivity contribution in [2.24, 2.45) is 0 Å². The lowest BCUT2D eigenvalue weighted by molar-refractivity contribution is -0.143. The van der Waals surface area contributed by atoms with Crippen molar-refractivity contribution in [1.82, 2.24) is 10.2 Å². The van der Waals surface area contributed by atoms with Crippen molar-refractivity contribution in [3.63, 3.8) is 0 Å². The van der Waals surface area contributed by atoms with Crippen molar-refractivity contribution in [2.45, 2.75) is 20.0 Å². The van der Waals surface area contributed by atoms with Crippen LogP contribution in [0.15, 0.2) is 65.1 Å². The van der Waals surface area contributed by atoms with Crippen LogP contribution >= 0.6 is 0 Å². The lowest BCUT2D eigenvalue weighted by Gasteiger charge is -2.06. The number of benzene rings is 2. The second-order valence-electron chi connectivity index (χ2n) is 5.64. The summed E-state index contributed by atoms with van der Waals surface area (Å²) in [6.45, 7) is 3.69. The number of rotatable bonds is 5. The van der Waals surface area contributed by atoms with Gasteiger partial charge in [-0.15, -0.1) is 10.2 Å². The number of aromatic nitrogens is 2. The van der Waals surface area contributed by atoms with E-state index in [-0.39, 0.29) is 5.89 Å². The van der Waals surface area contributed by atoms with E-state index < -0.39 is 12.1 Å². The van der Waals surface area contributed by atoms with E-state index in [2.05, 4.69) is 10.2 Å². The molecule has 2 aromatic carbocycles. The first kappa shape index (κ1) is 16.6. The predicted octanol–water partition coefficient (Wildman–Crippen LogP) is 4.36. The van der Waals surface area contributed by atoms with Crippen molar-refractivity contribution in [2.75, 3.05) is 0 Å². The second kappa shape index (κ2) is 7.57. The normalized spacial score (nSPS) is 12.2. The van der Waals surface area contributed by atoms with E-state index in [0.29, 0.717) is 5.89 Å². The van der Waals surface area contributed by atoms with Crippen LogP contribution in [0, 0.1) is 6.92 Å². The van der Waals surface area contributed by atoms with E-state index in [0.717, 1.165) is 16.7 Å². The largest absolute Gasteiger partial charge is 0.449 e. The summed E-state index contributed by atoms with van der Waals surface area (Å²) in [6.07, 6.45) is 2.48. The van der Waals surface area contributed by atoms with Gasteiger partial charge in [-0.05, 0) is 37.6 Å². The van der Waals surface area contributed by atoms with E-state index >= 15 is 0 Å². The highest BCUT2D eigenvalue weighted by molar-refractivity contribution is 5.87. The summed E-state index contributed by atoms with van der Waals surface area (Å²) in [7, 11) is 0. The van der Waals surface area contributed by atoms with Gasteiger partial charge in [-0.1, -0.05) is 48.0 Å². The molecule has 0 radical (unpaired) electrons. The maximum Gasteiger partial charge on any atom is 0.331 e. The van der Waals surface area contributed by atoms with Gasteiger partial charge in [-0.2, -0.15) is 0 Å². The summed E-state index contributed by atoms with van der Waals surface area (Å²) < 4.78 is 10.9. The van der Waals surface area contributed by atoms with Gasteiger partial charge in [0.05, 0.1) is 0 Å². The van der Waals surface area contributed by atoms with Crippen molar-refractivity contribution in [1.29, 1.82) is 0 Å². The SMILES string of the molecule is Cc1cccc(/C=C/C(=O)O[C@@H](C)c2nnc(-c3ccccc3)o2)c1. The van der Waals surface area contributed by atoms with Crippen molar-refractivity contribution < 1.29 is 13.9 Å². The topological polar surface area (TPSA) is 65.2 Å². The Hall–Kier alpha value is -3.21. The molecule has 0 amide bonds. The van der Waals surface area contributed by atoms with Crippen molar-refractivity contribution >= 4 is 12.0 Å². The van der Waals surface area contributed by atoms with Gasteiger partial charge >= 0.3 is 5.97 Å². The Morgan fingerprint density at radius 3 is 2.68 bits per heavy atom. The van der Waals surface area contributed by atoms with Crippen molar-refractivity contribution in [3.8, 4) is 11.5 Å². The molecule has 3 rings (SSSR count). The number of esters is 1. The highest BCUT2D eigenvalue weighted by atomic mass is 16.6. The molecule has 3 aromatic rings. The number of aryl methyl sites for hydroxylation is 1. The third-order valence-corrected chi connectivity index (χ3v) is 3.56. The van der Waals surface area contributed by atoms with E-state index in [4.69, 9.17) is 9.15 Å². The fraction of sp³-hybridized carbons (Fsp3) is 0.150. The minimum absolute atomic E-state index is 0.260. The summed E-state index contributed by atoms with van der Waals surface area (Å²) in [6, 6.07) is 17.3. The molecule has 0 aliphatic carbocycles. The highest BCUT2D eigenvalue weighted by Crippen LogP contribution is 2.22. The van der Waals surface area contributed by atoms with Gasteiger partial charge in [-0.3, -0.25) is 0 Å². The first-order chi connectivity index (χ1) is 12.1. The molecule has 0 fully saturated rings. The van der Waals surface area contributed by atoms with E-state index in [1.807, 2.05) is 61.5 Å². The van der Waals surface area contributed by atoms with Gasteiger partial charge in [0.25, 0.3) is 5.89 Å². The van der Waals surface area contributed by atoms with Crippen LogP contribution in [0.3, 0.4) is 0 Å². The van der Waals surface area contributed by atoms with E-state index in [1.54, 1.807) is 13.0 Å². The molecule has 0 aliphatic heterocycles. The molecule has 1 heterocycles. The average Bonchev–Trinajstić information content (AvgIpc) is 3.11. The van der Waals surface area contributed by atoms with Crippen LogP contribution in [0.4, 0.5) is 0 Å². The Bertz CT molecular complexity index is 885. The summed E-state index contributed by atoms with van der Waals surface area (Å²) in [5, 5.41) is 7.95. The third kappa shape index (κ3) is 4.41. The minimum Gasteiger partial charge on any atom is -0.449 e. The van der Waals surface area contributed by atoms with Crippen LogP contribution < -0.4 is 0 Å². The molecule has 0 bridgehead atoms. The monoisotopic (exact) mass is 334 g/mol. The second-order valence-corrected chi connectivity index (χ2v) is 5.64. The molecule has 25 heavy (non-hydrogen) atoms. The molecule has 0 unspecified atom stereocenters. The van der Waals surface area contributed by atoms with Crippen LogP contribution in [0.2, 0.25) is 0 Å². The first-order valence-electron chi connectivity index (χ1n) is 7.96. The Labute approximate surface area is 146 Å². The van der Waals surface area contributed by atoms with E-state index in [9.17, 15) is 4.79 Å². The van der Waals surface area contributed by atoms with Gasteiger partial charge in [0, 0.05) is 11.6 Å². The summed E-state index contributed by atoms with van der Waals surface area (Å²) >= 11 is 0. The van der Waals surface area contributed by atoms with Crippen LogP contribution in [0.5, 0.6) is 0 Å². The molecule has 0 spiro atoms. The smallest absolute Gasteiger partial charge is 0.331 e. The number of hydrogen-bond donors (Lipinski definition) is 0. The molecular formula is C20H18N2O3. The molecule has 1 atom stereocenters. The molecule has 0 aliphatic rings. The molecular weight excluding hydrogens is 316 g/mol. The molecule has 0 saturated carbocycles. The number of ether oxygens (including phenoxy) is 1. The summed E-state index contributed by atoms with van der Waals surface area (Å²) in [5.41, 5.74) is 2.89. The van der Waals surface area contributed by atoms with Crippen molar-refractivity contribution in [3.05, 3.63) is 77.7 Å². The number of nitrogens with zero attached hydrogens (tertiary/aromatic N) is 2. The zero-order chi connectivity index (χ0) is 17.6. The Morgan fingerprint density at radius 2 is 1.92 bits per heavy atom. The summed E-state index contributed by atoms with van der Waals surface area (Å²) in [5.74, 6) is 0.193. The third-order valence-electron chi connectivity index (χ3n) is 3.56. The lowest BCUT2D eigenvalue weighted by Crippen LogP contribution is -2.06. The standard InChI is InChI=1S/C20H18N2O3/c1-14-7-6-8-16(13-14)11-12-18(23)24-15(2)19-21-22-20(25-19)17-9-4-3-5-10-17/h3-13,15H,1-2H3/b12-11+/t15-/m0/s1. The molecule has 0 N–H and O–H groups in total. The fourth-order valence-corrected chi connectivity index (χ4v) is 2.30. The molecule has 5 nitrogen and oxygen atoms in total. The molecule has 1 aromatic heterocycles. The summed E-state index contributed by atoms with van der Waals surface area (Å²) in [4.78, 5) is 12.0. The maximum atomic E-state index is 12.0.